The fraction of sp³-hybridized carbons (Fsp3) is 0.250. The molecule has 0 amide bonds. The van der Waals surface area contributed by atoms with Crippen LogP contribution in [0.15, 0.2) is 36.4 Å². The van der Waals surface area contributed by atoms with Gasteiger partial charge in [0, 0.05) is 0 Å². The quantitative estimate of drug-likeness (QED) is 0.701. The maximum absolute atomic E-state index is 9.86. The van der Waals surface area contributed by atoms with Crippen LogP contribution in [0.4, 0.5) is 7.88 Å². The Kier molecular flexibility index (Phi) is 5.90. The van der Waals surface area contributed by atoms with E-state index in [0.29, 0.717) is 0 Å². The summed E-state index contributed by atoms with van der Waals surface area (Å²) in [6.07, 6.45) is 2.44. The van der Waals surface area contributed by atoms with Crippen molar-refractivity contribution in [1.29, 1.82) is 0 Å². The molecule has 2 aromatic rings. The molecule has 4 heteroatoms. The van der Waals surface area contributed by atoms with Crippen LogP contribution in [-0.4, -0.2) is 0 Å². The van der Waals surface area contributed by atoms with Gasteiger partial charge in [-0.15, -0.1) is 40.6 Å². The molecule has 0 spiro atoms. The van der Waals surface area contributed by atoms with Crippen molar-refractivity contribution >= 4 is 10.8 Å². The third kappa shape index (κ3) is 4.57. The number of fused-ring (bicyclic) bond motifs is 1. The summed E-state index contributed by atoms with van der Waals surface area (Å²) in [6.45, 7) is 2.22. The van der Waals surface area contributed by atoms with E-state index in [2.05, 4.69) is 43.3 Å². The maximum atomic E-state index is 9.86. The summed E-state index contributed by atoms with van der Waals surface area (Å²) in [7, 11) is 0. The first-order valence-electron chi connectivity index (χ1n) is 5.11. The van der Waals surface area contributed by atoms with Gasteiger partial charge in [0.1, 0.15) is 0 Å². The molecule has 2 rings (SSSR count). The molecule has 0 aliphatic heterocycles. The standard InChI is InChI=1S/C12H13.3FH.Zr/c1-2-5-10-8-11-6-3-4-7-12(11)9-10;;;;/h3-4,6-9H,2,5H2,1H3;3*1H;/q-1;;;;+3/p-3. The van der Waals surface area contributed by atoms with Gasteiger partial charge < -0.3 is 0 Å². The van der Waals surface area contributed by atoms with Crippen LogP contribution in [0, 0.1) is 0 Å². The number of benzene rings is 1. The topological polar surface area (TPSA) is 0 Å². The van der Waals surface area contributed by atoms with Crippen LogP contribution in [-0.2, 0) is 30.0 Å². The average molecular weight is 305 g/mol. The Morgan fingerprint density at radius 3 is 2.38 bits per heavy atom. The normalized spacial score (nSPS) is 9.75. The third-order valence-electron chi connectivity index (χ3n) is 2.22. The summed E-state index contributed by atoms with van der Waals surface area (Å²) < 4.78 is 29.6. The molecule has 0 unspecified atom stereocenters. The minimum atomic E-state index is -5.04. The van der Waals surface area contributed by atoms with Gasteiger partial charge in [0.2, 0.25) is 0 Å². The molecule has 0 atom stereocenters. The summed E-state index contributed by atoms with van der Waals surface area (Å²) in [5.41, 5.74) is 1.47. The van der Waals surface area contributed by atoms with Crippen LogP contribution in [0.5, 0.6) is 0 Å². The number of halogens is 3. The fourth-order valence-electron chi connectivity index (χ4n) is 1.65. The van der Waals surface area contributed by atoms with Crippen molar-refractivity contribution in [2.45, 2.75) is 19.8 Å². The number of hydrogen-bond acceptors (Lipinski definition) is 0. The molecule has 87 valence electrons. The van der Waals surface area contributed by atoms with Crippen molar-refractivity contribution in [3.05, 3.63) is 42.0 Å². The molecule has 0 aliphatic carbocycles. The van der Waals surface area contributed by atoms with E-state index in [1.807, 2.05) is 0 Å². The van der Waals surface area contributed by atoms with E-state index in [4.69, 9.17) is 0 Å². The summed E-state index contributed by atoms with van der Waals surface area (Å²) in [5, 5.41) is 2.75. The summed E-state index contributed by atoms with van der Waals surface area (Å²) >= 11 is -5.04. The van der Waals surface area contributed by atoms with E-state index < -0.39 is 23.6 Å². The first-order chi connectivity index (χ1) is 7.63. The molecule has 0 heterocycles. The van der Waals surface area contributed by atoms with E-state index in [1.54, 1.807) is 0 Å². The Morgan fingerprint density at radius 1 is 1.19 bits per heavy atom. The molecular weight excluding hydrogens is 292 g/mol. The molecule has 0 N–H and O–H groups in total. The zero-order chi connectivity index (χ0) is 12.0. The van der Waals surface area contributed by atoms with E-state index in [9.17, 15) is 7.88 Å². The van der Waals surface area contributed by atoms with Gasteiger partial charge in [0.15, 0.2) is 0 Å². The van der Waals surface area contributed by atoms with Crippen LogP contribution in [0.1, 0.15) is 18.9 Å². The first-order valence-corrected chi connectivity index (χ1v) is 7.90. The van der Waals surface area contributed by atoms with Gasteiger partial charge >= 0.3 is 31.5 Å². The number of hydrogen-bond donors (Lipinski definition) is 0. The Balaban J connectivity index is 0.000000280. The van der Waals surface area contributed by atoms with Gasteiger partial charge in [-0.25, -0.2) is 0 Å². The van der Waals surface area contributed by atoms with Crippen molar-refractivity contribution in [3.8, 4) is 0 Å². The summed E-state index contributed by atoms with van der Waals surface area (Å²) in [4.78, 5) is 0. The second-order valence-electron chi connectivity index (χ2n) is 3.46. The van der Waals surface area contributed by atoms with Crippen LogP contribution >= 0.6 is 0 Å². The molecule has 0 fully saturated rings. The fourth-order valence-corrected chi connectivity index (χ4v) is 1.65. The molecule has 0 aromatic heterocycles. The van der Waals surface area contributed by atoms with Crippen LogP contribution in [0.25, 0.3) is 10.8 Å². The molecular formula is C12H13F3Zr-. The molecule has 0 aliphatic rings. The van der Waals surface area contributed by atoms with Crippen LogP contribution in [0.3, 0.4) is 0 Å². The second kappa shape index (κ2) is 6.95. The minimum absolute atomic E-state index is 1.20. The van der Waals surface area contributed by atoms with Gasteiger partial charge in [0.25, 0.3) is 0 Å². The SMILES string of the molecule is CCCc1cc2ccccc2[cH-]1.[F][Zr]([F])[F]. The van der Waals surface area contributed by atoms with E-state index in [-0.39, 0.29) is 0 Å². The number of aryl methyl sites for hydroxylation is 1. The van der Waals surface area contributed by atoms with Crippen molar-refractivity contribution in [2.75, 3.05) is 0 Å². The van der Waals surface area contributed by atoms with Gasteiger partial charge in [-0.05, 0) is 6.42 Å². The van der Waals surface area contributed by atoms with E-state index in [1.165, 1.54) is 29.2 Å². The Bertz CT molecular complexity index is 387. The van der Waals surface area contributed by atoms with Gasteiger partial charge in [0.05, 0.1) is 0 Å². The summed E-state index contributed by atoms with van der Waals surface area (Å²) in [6, 6.07) is 13.1. The van der Waals surface area contributed by atoms with Crippen molar-refractivity contribution in [1.82, 2.24) is 0 Å². The average Bonchev–Trinajstić information content (AvgIpc) is 2.59. The zero-order valence-electron chi connectivity index (χ0n) is 9.01. The monoisotopic (exact) mass is 304 g/mol. The Morgan fingerprint density at radius 2 is 1.81 bits per heavy atom. The predicted molar refractivity (Wildman–Crippen MR) is 56.9 cm³/mol. The van der Waals surface area contributed by atoms with Crippen LogP contribution < -0.4 is 0 Å². The zero-order valence-corrected chi connectivity index (χ0v) is 11.5. The third-order valence-corrected chi connectivity index (χ3v) is 2.22. The molecule has 16 heavy (non-hydrogen) atoms. The van der Waals surface area contributed by atoms with E-state index >= 15 is 0 Å². The number of rotatable bonds is 2. The molecule has 2 aromatic carbocycles. The van der Waals surface area contributed by atoms with Gasteiger partial charge in [-0.3, -0.25) is 0 Å². The van der Waals surface area contributed by atoms with Crippen molar-refractivity contribution < 1.29 is 31.5 Å². The molecule has 0 nitrogen and oxygen atoms in total. The van der Waals surface area contributed by atoms with Crippen LogP contribution in [0.2, 0.25) is 0 Å². The van der Waals surface area contributed by atoms with Crippen molar-refractivity contribution in [2.24, 2.45) is 0 Å². The second-order valence-corrected chi connectivity index (χ2v) is 4.51. The van der Waals surface area contributed by atoms with Gasteiger partial charge in [-0.2, -0.15) is 6.07 Å². The Hall–Kier alpha value is -0.497. The molecule has 0 saturated heterocycles. The first kappa shape index (κ1) is 13.6. The van der Waals surface area contributed by atoms with E-state index in [0.717, 1.165) is 0 Å². The van der Waals surface area contributed by atoms with Gasteiger partial charge in [-0.1, -0.05) is 19.4 Å². The van der Waals surface area contributed by atoms with Crippen molar-refractivity contribution in [3.63, 3.8) is 0 Å². The Labute approximate surface area is 104 Å². The predicted octanol–water partition coefficient (Wildman–Crippen LogP) is 4.77. The molecule has 0 saturated carbocycles. The molecule has 0 radical (unpaired) electrons. The molecule has 0 bridgehead atoms. The summed E-state index contributed by atoms with van der Waals surface area (Å²) in [5.74, 6) is 0.